The molecule has 1 aromatic rings. The van der Waals surface area contributed by atoms with Crippen LogP contribution in [0.5, 0.6) is 5.75 Å². The number of anilines is 1. The number of hydrogen-bond acceptors (Lipinski definition) is 5. The number of amides is 1. The van der Waals surface area contributed by atoms with Gasteiger partial charge in [-0.1, -0.05) is 13.8 Å². The van der Waals surface area contributed by atoms with Gasteiger partial charge in [0.1, 0.15) is 11.4 Å². The molecule has 0 bridgehead atoms. The van der Waals surface area contributed by atoms with Gasteiger partial charge in [-0.2, -0.15) is 0 Å². The van der Waals surface area contributed by atoms with E-state index in [0.29, 0.717) is 6.54 Å². The summed E-state index contributed by atoms with van der Waals surface area (Å²) in [5.74, 6) is -2.14. The molecule has 6 nitrogen and oxygen atoms in total. The van der Waals surface area contributed by atoms with Crippen molar-refractivity contribution in [2.75, 3.05) is 36.0 Å². The molecular formula is C15H20F2N2O4S. The molecule has 1 saturated heterocycles. The minimum atomic E-state index is -3.15. The van der Waals surface area contributed by atoms with E-state index in [-0.39, 0.29) is 42.0 Å². The van der Waals surface area contributed by atoms with Gasteiger partial charge in [0.25, 0.3) is 0 Å². The second-order valence-electron chi connectivity index (χ2n) is 6.04. The lowest BCUT2D eigenvalue weighted by Crippen LogP contribution is -2.41. The molecular weight excluding hydrogens is 342 g/mol. The van der Waals surface area contributed by atoms with Crippen molar-refractivity contribution in [1.82, 2.24) is 5.32 Å². The van der Waals surface area contributed by atoms with Crippen LogP contribution < -0.4 is 15.0 Å². The first kappa shape index (κ1) is 18.4. The summed E-state index contributed by atoms with van der Waals surface area (Å²) in [4.78, 5) is 12.9. The number of halogens is 2. The molecule has 2 rings (SSSR count). The van der Waals surface area contributed by atoms with Crippen molar-refractivity contribution in [3.8, 4) is 5.75 Å². The highest BCUT2D eigenvalue weighted by Crippen LogP contribution is 2.29. The van der Waals surface area contributed by atoms with Gasteiger partial charge in [0.2, 0.25) is 0 Å². The first-order valence-corrected chi connectivity index (χ1v) is 9.40. The smallest absolute Gasteiger partial charge is 0.410 e. The first-order chi connectivity index (χ1) is 11.2. The fraction of sp³-hybridized carbons (Fsp3) is 0.533. The summed E-state index contributed by atoms with van der Waals surface area (Å²) in [6, 6.07) is 1.83. The standard InChI is InChI=1S/C15H20F2N2O4S/c1-10(2)9-18-15(20)23-11-7-12(16)14(13(17)8-11)19-3-5-24(21,22)6-4-19/h7-8,10H,3-6,9H2,1-2H3,(H,18,20). The summed E-state index contributed by atoms with van der Waals surface area (Å²) in [7, 11) is -3.15. The van der Waals surface area contributed by atoms with Crippen molar-refractivity contribution in [1.29, 1.82) is 0 Å². The Balaban J connectivity index is 2.10. The second-order valence-corrected chi connectivity index (χ2v) is 8.34. The van der Waals surface area contributed by atoms with Crippen LogP contribution in [0.4, 0.5) is 19.3 Å². The zero-order valence-corrected chi connectivity index (χ0v) is 14.3. The highest BCUT2D eigenvalue weighted by Gasteiger charge is 2.26. The highest BCUT2D eigenvalue weighted by atomic mass is 32.2. The summed E-state index contributed by atoms with van der Waals surface area (Å²) in [6.07, 6.45) is -0.792. The predicted octanol–water partition coefficient (Wildman–Crippen LogP) is 1.94. The number of sulfone groups is 1. The van der Waals surface area contributed by atoms with Crippen LogP contribution in [0.3, 0.4) is 0 Å². The van der Waals surface area contributed by atoms with Gasteiger partial charge in [-0.15, -0.1) is 0 Å². The van der Waals surface area contributed by atoms with Crippen LogP contribution in [0.2, 0.25) is 0 Å². The van der Waals surface area contributed by atoms with Gasteiger partial charge in [0.05, 0.1) is 11.5 Å². The van der Waals surface area contributed by atoms with E-state index < -0.39 is 27.6 Å². The first-order valence-electron chi connectivity index (χ1n) is 7.58. The fourth-order valence-corrected chi connectivity index (χ4v) is 3.47. The molecule has 1 heterocycles. The number of nitrogens with zero attached hydrogens (tertiary/aromatic N) is 1. The SMILES string of the molecule is CC(C)CNC(=O)Oc1cc(F)c(N2CCS(=O)(=O)CC2)c(F)c1. The van der Waals surface area contributed by atoms with Gasteiger partial charge in [-0.3, -0.25) is 0 Å². The molecule has 9 heteroatoms. The van der Waals surface area contributed by atoms with Crippen LogP contribution in [-0.4, -0.2) is 45.7 Å². The molecule has 1 aliphatic rings. The average molecular weight is 362 g/mol. The van der Waals surface area contributed by atoms with Gasteiger partial charge in [0.15, 0.2) is 21.5 Å². The minimum Gasteiger partial charge on any atom is -0.410 e. The third kappa shape index (κ3) is 4.80. The molecule has 24 heavy (non-hydrogen) atoms. The summed E-state index contributed by atoms with van der Waals surface area (Å²) in [5.41, 5.74) is -0.306. The van der Waals surface area contributed by atoms with Crippen molar-refractivity contribution in [2.24, 2.45) is 5.92 Å². The van der Waals surface area contributed by atoms with Crippen molar-refractivity contribution >= 4 is 21.6 Å². The van der Waals surface area contributed by atoms with E-state index in [1.807, 2.05) is 13.8 Å². The number of hydrogen-bond donors (Lipinski definition) is 1. The summed E-state index contributed by atoms with van der Waals surface area (Å²) >= 11 is 0. The lowest BCUT2D eigenvalue weighted by molar-refractivity contribution is 0.199. The number of carbonyl (C=O) groups excluding carboxylic acids is 1. The molecule has 1 aliphatic heterocycles. The Morgan fingerprint density at radius 1 is 1.25 bits per heavy atom. The molecule has 0 radical (unpaired) electrons. The predicted molar refractivity (Wildman–Crippen MR) is 86.1 cm³/mol. The molecule has 0 saturated carbocycles. The number of rotatable bonds is 4. The number of carbonyl (C=O) groups is 1. The Labute approximate surface area is 139 Å². The Morgan fingerprint density at radius 3 is 2.29 bits per heavy atom. The average Bonchev–Trinajstić information content (AvgIpc) is 2.46. The maximum atomic E-state index is 14.2. The van der Waals surface area contributed by atoms with Crippen molar-refractivity contribution in [2.45, 2.75) is 13.8 Å². The van der Waals surface area contributed by atoms with Gasteiger partial charge >= 0.3 is 6.09 Å². The summed E-state index contributed by atoms with van der Waals surface area (Å²) in [6.45, 7) is 4.21. The van der Waals surface area contributed by atoms with Crippen molar-refractivity contribution in [3.05, 3.63) is 23.8 Å². The molecule has 0 aromatic heterocycles. The molecule has 1 fully saturated rings. The zero-order valence-electron chi connectivity index (χ0n) is 13.5. The molecule has 1 N–H and O–H groups in total. The van der Waals surface area contributed by atoms with Crippen molar-refractivity contribution < 1.29 is 26.7 Å². The third-order valence-electron chi connectivity index (χ3n) is 3.52. The Kier molecular flexibility index (Phi) is 5.63. The van der Waals surface area contributed by atoms with E-state index in [4.69, 9.17) is 4.74 Å². The van der Waals surface area contributed by atoms with Gasteiger partial charge < -0.3 is 15.0 Å². The molecule has 1 amide bonds. The Morgan fingerprint density at radius 2 is 1.79 bits per heavy atom. The van der Waals surface area contributed by atoms with Crippen LogP contribution in [0, 0.1) is 17.6 Å². The van der Waals surface area contributed by atoms with E-state index in [0.717, 1.165) is 12.1 Å². The van der Waals surface area contributed by atoms with Crippen LogP contribution >= 0.6 is 0 Å². The van der Waals surface area contributed by atoms with Gasteiger partial charge in [-0.25, -0.2) is 22.0 Å². The van der Waals surface area contributed by atoms with E-state index in [2.05, 4.69) is 5.32 Å². The fourth-order valence-electron chi connectivity index (χ4n) is 2.27. The monoisotopic (exact) mass is 362 g/mol. The van der Waals surface area contributed by atoms with E-state index in [1.165, 1.54) is 4.90 Å². The van der Waals surface area contributed by atoms with Gasteiger partial charge in [0, 0.05) is 31.8 Å². The molecule has 134 valence electrons. The van der Waals surface area contributed by atoms with Crippen LogP contribution in [0.25, 0.3) is 0 Å². The third-order valence-corrected chi connectivity index (χ3v) is 5.13. The van der Waals surface area contributed by atoms with Gasteiger partial charge in [-0.05, 0) is 5.92 Å². The molecule has 0 aliphatic carbocycles. The second kappa shape index (κ2) is 7.33. The molecule has 0 unspecified atom stereocenters. The minimum absolute atomic E-state index is 0.0191. The zero-order chi connectivity index (χ0) is 17.9. The van der Waals surface area contributed by atoms with Crippen molar-refractivity contribution in [3.63, 3.8) is 0 Å². The largest absolute Gasteiger partial charge is 0.412 e. The number of benzene rings is 1. The van der Waals surface area contributed by atoms with E-state index >= 15 is 0 Å². The summed E-state index contributed by atoms with van der Waals surface area (Å²) in [5, 5.41) is 2.47. The molecule has 1 aromatic carbocycles. The summed E-state index contributed by atoms with van der Waals surface area (Å²) < 4.78 is 56.1. The van der Waals surface area contributed by atoms with E-state index in [1.54, 1.807) is 0 Å². The maximum absolute atomic E-state index is 14.2. The highest BCUT2D eigenvalue weighted by molar-refractivity contribution is 7.91. The topological polar surface area (TPSA) is 75.7 Å². The van der Waals surface area contributed by atoms with Crippen LogP contribution in [0.15, 0.2) is 12.1 Å². The number of ether oxygens (including phenoxy) is 1. The molecule has 0 spiro atoms. The number of nitrogens with one attached hydrogen (secondary N) is 1. The Hall–Kier alpha value is -1.90. The normalized spacial score (nSPS) is 17.0. The maximum Gasteiger partial charge on any atom is 0.412 e. The lowest BCUT2D eigenvalue weighted by Gasteiger charge is -2.29. The van der Waals surface area contributed by atoms with E-state index in [9.17, 15) is 22.0 Å². The van der Waals surface area contributed by atoms with Crippen LogP contribution in [-0.2, 0) is 9.84 Å². The Bertz CT molecular complexity index is 685. The molecule has 0 atom stereocenters. The lowest BCUT2D eigenvalue weighted by atomic mass is 10.2. The quantitative estimate of drug-likeness (QED) is 0.886. The van der Waals surface area contributed by atoms with Crippen LogP contribution in [0.1, 0.15) is 13.8 Å².